The number of aromatic nitrogens is 3. The van der Waals surface area contributed by atoms with Crippen molar-refractivity contribution in [2.75, 3.05) is 13.7 Å². The van der Waals surface area contributed by atoms with Gasteiger partial charge in [0.15, 0.2) is 10.6 Å². The summed E-state index contributed by atoms with van der Waals surface area (Å²) >= 11 is 7.66. The molecule has 0 radical (unpaired) electrons. The van der Waals surface area contributed by atoms with Crippen LogP contribution in [0.15, 0.2) is 41.8 Å². The van der Waals surface area contributed by atoms with Gasteiger partial charge in [-0.25, -0.2) is 4.68 Å². The molecule has 1 atom stereocenters. The van der Waals surface area contributed by atoms with Crippen LogP contribution in [-0.4, -0.2) is 32.9 Å². The van der Waals surface area contributed by atoms with E-state index in [4.69, 9.17) is 22.1 Å². The van der Waals surface area contributed by atoms with E-state index in [9.17, 15) is 0 Å². The van der Waals surface area contributed by atoms with Crippen LogP contribution in [0.2, 0.25) is 0 Å². The Balaban J connectivity index is 1.67. The van der Waals surface area contributed by atoms with Crippen molar-refractivity contribution < 1.29 is 4.74 Å². The first-order chi connectivity index (χ1) is 13.6. The molecule has 1 fully saturated rings. The van der Waals surface area contributed by atoms with E-state index in [0.717, 1.165) is 35.1 Å². The van der Waals surface area contributed by atoms with Crippen molar-refractivity contribution in [1.82, 2.24) is 19.2 Å². The third kappa shape index (κ3) is 3.66. The lowest BCUT2D eigenvalue weighted by Crippen LogP contribution is -2.26. The maximum atomic E-state index is 5.83. The largest absolute Gasteiger partial charge is 0.497 e. The topological polar surface area (TPSA) is 35.2 Å². The third-order valence-electron chi connectivity index (χ3n) is 5.29. The van der Waals surface area contributed by atoms with E-state index in [2.05, 4.69) is 40.8 Å². The van der Waals surface area contributed by atoms with Crippen molar-refractivity contribution in [3.63, 3.8) is 0 Å². The first-order valence-electron chi connectivity index (χ1n) is 9.69. The van der Waals surface area contributed by atoms with Gasteiger partial charge in [0.25, 0.3) is 0 Å². The molecule has 3 heterocycles. The van der Waals surface area contributed by atoms with Crippen LogP contribution in [0.5, 0.6) is 5.75 Å². The van der Waals surface area contributed by atoms with Crippen molar-refractivity contribution in [3.8, 4) is 17.1 Å². The molecule has 1 aliphatic rings. The summed E-state index contributed by atoms with van der Waals surface area (Å²) in [4.78, 5) is 3.93. The number of rotatable bonds is 6. The van der Waals surface area contributed by atoms with Crippen LogP contribution in [0.1, 0.15) is 43.6 Å². The first kappa shape index (κ1) is 19.4. The van der Waals surface area contributed by atoms with Crippen LogP contribution in [0.25, 0.3) is 11.4 Å². The van der Waals surface area contributed by atoms with E-state index in [1.54, 1.807) is 7.11 Å². The zero-order valence-corrected chi connectivity index (χ0v) is 18.2. The lowest BCUT2D eigenvalue weighted by Gasteiger charge is -2.23. The summed E-state index contributed by atoms with van der Waals surface area (Å²) in [5.74, 6) is 1.75. The maximum Gasteiger partial charge on any atom is 0.199 e. The number of hydrogen-bond donors (Lipinski definition) is 0. The Morgan fingerprint density at radius 2 is 2.04 bits per heavy atom. The molecule has 0 bridgehead atoms. The maximum absolute atomic E-state index is 5.83. The highest BCUT2D eigenvalue weighted by molar-refractivity contribution is 7.71. The van der Waals surface area contributed by atoms with Crippen molar-refractivity contribution in [3.05, 3.63) is 51.4 Å². The zero-order chi connectivity index (χ0) is 19.7. The van der Waals surface area contributed by atoms with Crippen LogP contribution < -0.4 is 4.74 Å². The molecule has 1 saturated heterocycles. The Bertz CT molecular complexity index is 973. The quantitative estimate of drug-likeness (QED) is 0.497. The molecule has 0 amide bonds. The fourth-order valence-corrected chi connectivity index (χ4v) is 5.18. The van der Waals surface area contributed by atoms with Gasteiger partial charge >= 0.3 is 0 Å². The fraction of sp³-hybridized carbons (Fsp3) is 0.429. The molecule has 3 aromatic rings. The average Bonchev–Trinajstić information content (AvgIpc) is 3.43. The van der Waals surface area contributed by atoms with E-state index in [1.807, 2.05) is 40.3 Å². The summed E-state index contributed by atoms with van der Waals surface area (Å²) < 4.78 is 10.2. The predicted octanol–water partition coefficient (Wildman–Crippen LogP) is 5.53. The minimum atomic E-state index is 0.241. The molecule has 2 aromatic heterocycles. The SMILES string of the molecule is COc1ccc(-c2nn(CN3CCC[C@@H]3c3cccs3)c(=S)n2C(C)C)cc1. The number of thiophene rings is 1. The molecule has 4 rings (SSSR count). The Kier molecular flexibility index (Phi) is 5.66. The minimum absolute atomic E-state index is 0.241. The number of methoxy groups -OCH3 is 1. The lowest BCUT2D eigenvalue weighted by atomic mass is 10.2. The molecular weight excluding hydrogens is 388 g/mol. The molecule has 0 unspecified atom stereocenters. The predicted molar refractivity (Wildman–Crippen MR) is 116 cm³/mol. The van der Waals surface area contributed by atoms with E-state index < -0.39 is 0 Å². The highest BCUT2D eigenvalue weighted by Crippen LogP contribution is 2.35. The second-order valence-corrected chi connectivity index (χ2v) is 8.77. The molecule has 0 spiro atoms. The molecule has 0 N–H and O–H groups in total. The van der Waals surface area contributed by atoms with Crippen LogP contribution >= 0.6 is 23.6 Å². The summed E-state index contributed by atoms with van der Waals surface area (Å²) in [6.45, 7) is 6.11. The van der Waals surface area contributed by atoms with E-state index in [0.29, 0.717) is 6.04 Å². The Morgan fingerprint density at radius 1 is 1.25 bits per heavy atom. The smallest absolute Gasteiger partial charge is 0.199 e. The molecule has 28 heavy (non-hydrogen) atoms. The second kappa shape index (κ2) is 8.19. The molecule has 148 valence electrons. The highest BCUT2D eigenvalue weighted by atomic mass is 32.1. The molecular formula is C21H26N4OS2. The standard InChI is InChI=1S/C21H26N4OS2/c1-15(2)25-20(16-8-10-17(26-3)11-9-16)22-24(21(25)27)14-23-12-4-6-18(23)19-7-5-13-28-19/h5,7-11,13,15,18H,4,6,12,14H2,1-3H3/t18-/m1/s1. The molecule has 1 aromatic carbocycles. The minimum Gasteiger partial charge on any atom is -0.497 e. The van der Waals surface area contributed by atoms with Gasteiger partial charge < -0.3 is 4.74 Å². The second-order valence-electron chi connectivity index (χ2n) is 7.43. The number of hydrogen-bond acceptors (Lipinski definition) is 5. The molecule has 7 heteroatoms. The van der Waals surface area contributed by atoms with Crippen LogP contribution in [0.3, 0.4) is 0 Å². The normalized spacial score (nSPS) is 17.5. The van der Waals surface area contributed by atoms with Gasteiger partial charge in [-0.3, -0.25) is 9.47 Å². The number of nitrogens with zero attached hydrogens (tertiary/aromatic N) is 4. The summed E-state index contributed by atoms with van der Waals surface area (Å²) in [7, 11) is 1.68. The lowest BCUT2D eigenvalue weighted by molar-refractivity contribution is 0.192. The van der Waals surface area contributed by atoms with Gasteiger partial charge in [0.05, 0.1) is 13.8 Å². The van der Waals surface area contributed by atoms with Crippen molar-refractivity contribution in [1.29, 1.82) is 0 Å². The summed E-state index contributed by atoms with van der Waals surface area (Å²) in [6.07, 6.45) is 2.41. The monoisotopic (exact) mass is 414 g/mol. The third-order valence-corrected chi connectivity index (χ3v) is 6.67. The van der Waals surface area contributed by atoms with Gasteiger partial charge in [-0.15, -0.1) is 11.3 Å². The van der Waals surface area contributed by atoms with E-state index in [-0.39, 0.29) is 6.04 Å². The summed E-state index contributed by atoms with van der Waals surface area (Å²) in [5.41, 5.74) is 1.05. The van der Waals surface area contributed by atoms with Crippen molar-refractivity contribution in [2.24, 2.45) is 0 Å². The summed E-state index contributed by atoms with van der Waals surface area (Å²) in [5, 5.41) is 7.09. The molecule has 0 aliphatic carbocycles. The van der Waals surface area contributed by atoms with Crippen molar-refractivity contribution >= 4 is 23.6 Å². The van der Waals surface area contributed by atoms with Gasteiger partial charge in [-0.1, -0.05) is 6.07 Å². The Labute approximate surface area is 175 Å². The van der Waals surface area contributed by atoms with Gasteiger partial charge in [0.1, 0.15) is 5.75 Å². The Morgan fingerprint density at radius 3 is 2.68 bits per heavy atom. The van der Waals surface area contributed by atoms with Crippen LogP contribution in [0.4, 0.5) is 0 Å². The molecule has 1 aliphatic heterocycles. The zero-order valence-electron chi connectivity index (χ0n) is 16.5. The van der Waals surface area contributed by atoms with Gasteiger partial charge in [-0.2, -0.15) is 5.10 Å². The van der Waals surface area contributed by atoms with E-state index in [1.165, 1.54) is 17.7 Å². The van der Waals surface area contributed by atoms with Crippen molar-refractivity contribution in [2.45, 2.75) is 45.4 Å². The number of ether oxygens (including phenoxy) is 1. The highest BCUT2D eigenvalue weighted by Gasteiger charge is 2.28. The number of likely N-dealkylation sites (tertiary alicyclic amines) is 1. The van der Waals surface area contributed by atoms with Crippen LogP contribution in [-0.2, 0) is 6.67 Å². The van der Waals surface area contributed by atoms with Gasteiger partial charge in [0.2, 0.25) is 0 Å². The molecule has 5 nitrogen and oxygen atoms in total. The summed E-state index contributed by atoms with van der Waals surface area (Å²) in [6, 6.07) is 13.1. The fourth-order valence-electron chi connectivity index (χ4n) is 3.89. The first-order valence-corrected chi connectivity index (χ1v) is 11.0. The van der Waals surface area contributed by atoms with Gasteiger partial charge in [-0.05, 0) is 74.6 Å². The van der Waals surface area contributed by atoms with Gasteiger partial charge in [0, 0.05) is 29.1 Å². The van der Waals surface area contributed by atoms with E-state index >= 15 is 0 Å². The molecule has 0 saturated carbocycles. The Hall–Kier alpha value is -1.96. The number of benzene rings is 1. The van der Waals surface area contributed by atoms with Crippen LogP contribution in [0, 0.1) is 4.77 Å². The average molecular weight is 415 g/mol.